The van der Waals surface area contributed by atoms with Crippen molar-refractivity contribution in [1.82, 2.24) is 14.9 Å². The zero-order valence-electron chi connectivity index (χ0n) is 17.0. The number of hydrogen-bond donors (Lipinski definition) is 0. The van der Waals surface area contributed by atoms with Crippen LogP contribution in [0, 0.1) is 12.8 Å². The van der Waals surface area contributed by atoms with Crippen LogP contribution < -0.4 is 4.90 Å². The molecular formula is C21H27ClN4O2S. The molecule has 0 saturated carbocycles. The van der Waals surface area contributed by atoms with E-state index in [1.165, 1.54) is 16.1 Å². The summed E-state index contributed by atoms with van der Waals surface area (Å²) in [5, 5.41) is 0. The fourth-order valence-corrected chi connectivity index (χ4v) is 5.34. The molecule has 0 bridgehead atoms. The summed E-state index contributed by atoms with van der Waals surface area (Å²) < 4.78 is 6.04. The van der Waals surface area contributed by atoms with Crippen LogP contribution in [0.25, 0.3) is 0 Å². The molecule has 2 aliphatic heterocycles. The van der Waals surface area contributed by atoms with Crippen molar-refractivity contribution in [1.29, 1.82) is 0 Å². The second-order valence-corrected chi connectivity index (χ2v) is 9.50. The average Bonchev–Trinajstić information content (AvgIpc) is 3.12. The first kappa shape index (κ1) is 20.6. The minimum atomic E-state index is -0.0613. The predicted octanol–water partition coefficient (Wildman–Crippen LogP) is 3.84. The van der Waals surface area contributed by atoms with Crippen LogP contribution in [0.4, 0.5) is 5.82 Å². The first-order valence-electron chi connectivity index (χ1n) is 10.3. The third-order valence-electron chi connectivity index (χ3n) is 5.65. The number of anilines is 1. The Hall–Kier alpha value is -1.70. The van der Waals surface area contributed by atoms with Gasteiger partial charge in [0.05, 0.1) is 22.6 Å². The maximum atomic E-state index is 12.1. The molecule has 0 spiro atoms. The molecule has 0 aliphatic carbocycles. The van der Waals surface area contributed by atoms with Gasteiger partial charge in [-0.05, 0) is 38.8 Å². The summed E-state index contributed by atoms with van der Waals surface area (Å²) in [7, 11) is 0. The van der Waals surface area contributed by atoms with Gasteiger partial charge < -0.3 is 9.64 Å². The van der Waals surface area contributed by atoms with Gasteiger partial charge in [0.1, 0.15) is 11.6 Å². The number of aryl methyl sites for hydroxylation is 1. The molecule has 0 aromatic carbocycles. The Morgan fingerprint density at radius 1 is 1.28 bits per heavy atom. The Morgan fingerprint density at radius 3 is 2.76 bits per heavy atom. The largest absolute Gasteiger partial charge is 0.466 e. The van der Waals surface area contributed by atoms with Gasteiger partial charge in [-0.25, -0.2) is 9.97 Å². The quantitative estimate of drug-likeness (QED) is 0.666. The van der Waals surface area contributed by atoms with Gasteiger partial charge >= 0.3 is 5.97 Å². The Labute approximate surface area is 180 Å². The lowest BCUT2D eigenvalue weighted by molar-refractivity contribution is -0.148. The normalized spacial score (nSPS) is 18.0. The molecule has 2 aliphatic rings. The minimum absolute atomic E-state index is 0.00466. The van der Waals surface area contributed by atoms with Crippen LogP contribution in [0.1, 0.15) is 41.7 Å². The molecule has 4 rings (SSSR count). The fourth-order valence-electron chi connectivity index (χ4n) is 4.21. The number of halogens is 1. The van der Waals surface area contributed by atoms with Gasteiger partial charge in [-0.3, -0.25) is 9.69 Å². The number of carbonyl (C=O) groups excluding carboxylic acids is 1. The van der Waals surface area contributed by atoms with E-state index in [4.69, 9.17) is 26.3 Å². The van der Waals surface area contributed by atoms with Gasteiger partial charge in [0.25, 0.3) is 0 Å². The molecule has 156 valence electrons. The van der Waals surface area contributed by atoms with Gasteiger partial charge in [0, 0.05) is 49.6 Å². The van der Waals surface area contributed by atoms with Gasteiger partial charge in [0.2, 0.25) is 0 Å². The van der Waals surface area contributed by atoms with Crippen LogP contribution >= 0.6 is 22.9 Å². The van der Waals surface area contributed by atoms with Crippen LogP contribution in [-0.2, 0) is 29.0 Å². The highest BCUT2D eigenvalue weighted by atomic mass is 35.5. The molecule has 1 fully saturated rings. The molecular weight excluding hydrogens is 408 g/mol. The maximum Gasteiger partial charge on any atom is 0.309 e. The Morgan fingerprint density at radius 2 is 2.07 bits per heavy atom. The van der Waals surface area contributed by atoms with Crippen molar-refractivity contribution in [3.63, 3.8) is 0 Å². The molecule has 2 aromatic rings. The number of aromatic nitrogens is 2. The molecule has 0 atom stereocenters. The lowest BCUT2D eigenvalue weighted by atomic mass is 9.96. The summed E-state index contributed by atoms with van der Waals surface area (Å²) in [6.45, 7) is 8.66. The van der Waals surface area contributed by atoms with Crippen molar-refractivity contribution >= 4 is 34.7 Å². The van der Waals surface area contributed by atoms with Crippen LogP contribution in [0.5, 0.6) is 0 Å². The highest BCUT2D eigenvalue weighted by Gasteiger charge is 2.30. The number of esters is 1. The van der Waals surface area contributed by atoms with E-state index in [2.05, 4.69) is 15.9 Å². The number of thiophene rings is 1. The minimum Gasteiger partial charge on any atom is -0.466 e. The summed E-state index contributed by atoms with van der Waals surface area (Å²) in [5.41, 5.74) is 2.40. The molecule has 0 amide bonds. The van der Waals surface area contributed by atoms with Crippen LogP contribution in [0.15, 0.2) is 12.1 Å². The van der Waals surface area contributed by atoms with Crippen molar-refractivity contribution in [3.05, 3.63) is 38.4 Å². The molecule has 0 unspecified atom stereocenters. The Kier molecular flexibility index (Phi) is 6.37. The molecule has 4 heterocycles. The van der Waals surface area contributed by atoms with E-state index in [-0.39, 0.29) is 11.9 Å². The molecule has 0 radical (unpaired) electrons. The van der Waals surface area contributed by atoms with Crippen molar-refractivity contribution in [2.24, 2.45) is 5.92 Å². The third kappa shape index (κ3) is 4.73. The number of carbonyl (C=O) groups is 1. The number of piperidine rings is 1. The fraction of sp³-hybridized carbons (Fsp3) is 0.571. The molecule has 29 heavy (non-hydrogen) atoms. The summed E-state index contributed by atoms with van der Waals surface area (Å²) in [4.78, 5) is 27.7. The van der Waals surface area contributed by atoms with Gasteiger partial charge in [0.15, 0.2) is 0 Å². The molecule has 8 heteroatoms. The number of nitrogens with zero attached hydrogens (tertiary/aromatic N) is 4. The standard InChI is InChI=1S/C21H27ClN4O2S/c1-3-28-21(27)15-6-10-26(11-7-15)20-17-13-25(12-16-4-5-19(22)29-16)9-8-18(17)23-14(2)24-20/h4-5,15H,3,6-13H2,1-2H3. The lowest BCUT2D eigenvalue weighted by Crippen LogP contribution is -2.40. The summed E-state index contributed by atoms with van der Waals surface area (Å²) in [6, 6.07) is 4.07. The van der Waals surface area contributed by atoms with E-state index in [0.29, 0.717) is 6.61 Å². The SMILES string of the molecule is CCOC(=O)C1CCN(c2nc(C)nc3c2CN(Cc2ccc(Cl)s2)CC3)CC1. The lowest BCUT2D eigenvalue weighted by Gasteiger charge is -2.36. The van der Waals surface area contributed by atoms with Crippen molar-refractivity contribution in [3.8, 4) is 0 Å². The van der Waals surface area contributed by atoms with Crippen LogP contribution in [0.2, 0.25) is 4.34 Å². The zero-order chi connectivity index (χ0) is 20.4. The highest BCUT2D eigenvalue weighted by Crippen LogP contribution is 2.31. The Balaban J connectivity index is 1.49. The topological polar surface area (TPSA) is 58.6 Å². The third-order valence-corrected chi connectivity index (χ3v) is 6.87. The van der Waals surface area contributed by atoms with Gasteiger partial charge in [-0.1, -0.05) is 11.6 Å². The van der Waals surface area contributed by atoms with E-state index < -0.39 is 0 Å². The van der Waals surface area contributed by atoms with E-state index in [1.54, 1.807) is 11.3 Å². The number of hydrogen-bond acceptors (Lipinski definition) is 7. The number of rotatable bonds is 5. The summed E-state index contributed by atoms with van der Waals surface area (Å²) in [5.74, 6) is 1.81. The average molecular weight is 435 g/mol. The Bertz CT molecular complexity index is 880. The van der Waals surface area contributed by atoms with Crippen molar-refractivity contribution in [2.75, 3.05) is 31.1 Å². The van der Waals surface area contributed by atoms with Crippen LogP contribution in [-0.4, -0.2) is 47.1 Å². The van der Waals surface area contributed by atoms with Gasteiger partial charge in [-0.15, -0.1) is 11.3 Å². The maximum absolute atomic E-state index is 12.1. The smallest absolute Gasteiger partial charge is 0.309 e. The summed E-state index contributed by atoms with van der Waals surface area (Å²) >= 11 is 7.74. The van der Waals surface area contributed by atoms with E-state index in [9.17, 15) is 4.79 Å². The van der Waals surface area contributed by atoms with Gasteiger partial charge in [-0.2, -0.15) is 0 Å². The highest BCUT2D eigenvalue weighted by molar-refractivity contribution is 7.16. The van der Waals surface area contributed by atoms with E-state index in [1.807, 2.05) is 19.9 Å². The molecule has 1 saturated heterocycles. The van der Waals surface area contributed by atoms with E-state index in [0.717, 1.165) is 68.0 Å². The second-order valence-electron chi connectivity index (χ2n) is 7.70. The van der Waals surface area contributed by atoms with E-state index >= 15 is 0 Å². The van der Waals surface area contributed by atoms with Crippen LogP contribution in [0.3, 0.4) is 0 Å². The molecule has 2 aromatic heterocycles. The zero-order valence-corrected chi connectivity index (χ0v) is 18.6. The predicted molar refractivity (Wildman–Crippen MR) is 115 cm³/mol. The molecule has 0 N–H and O–H groups in total. The first-order chi connectivity index (χ1) is 14.0. The number of fused-ring (bicyclic) bond motifs is 1. The monoisotopic (exact) mass is 434 g/mol. The molecule has 6 nitrogen and oxygen atoms in total. The van der Waals surface area contributed by atoms with Crippen molar-refractivity contribution < 1.29 is 9.53 Å². The summed E-state index contributed by atoms with van der Waals surface area (Å²) in [6.07, 6.45) is 2.56. The number of ether oxygens (including phenoxy) is 1. The second kappa shape index (κ2) is 8.98. The van der Waals surface area contributed by atoms with Crippen molar-refractivity contribution in [2.45, 2.75) is 46.2 Å². The first-order valence-corrected chi connectivity index (χ1v) is 11.5.